The highest BCUT2D eigenvalue weighted by Crippen LogP contribution is 2.20. The fourth-order valence-electron chi connectivity index (χ4n) is 2.70. The van der Waals surface area contributed by atoms with E-state index in [4.69, 9.17) is 0 Å². The molecule has 0 bridgehead atoms. The SMILES string of the molecule is Cc1ccc(CO)cc1NC(=O)CCc1c[nH]c2ccccc12. The lowest BCUT2D eigenvalue weighted by Gasteiger charge is -2.10. The van der Waals surface area contributed by atoms with E-state index in [0.29, 0.717) is 12.8 Å². The number of aromatic amines is 1. The summed E-state index contributed by atoms with van der Waals surface area (Å²) in [7, 11) is 0. The van der Waals surface area contributed by atoms with Gasteiger partial charge in [-0.05, 0) is 42.2 Å². The first-order chi connectivity index (χ1) is 11.2. The number of para-hydroxylation sites is 1. The quantitative estimate of drug-likeness (QED) is 0.675. The van der Waals surface area contributed by atoms with E-state index in [2.05, 4.69) is 16.4 Å². The lowest BCUT2D eigenvalue weighted by Crippen LogP contribution is -2.13. The Balaban J connectivity index is 1.66. The van der Waals surface area contributed by atoms with Gasteiger partial charge in [0.1, 0.15) is 0 Å². The van der Waals surface area contributed by atoms with Crippen LogP contribution in [0.15, 0.2) is 48.7 Å². The van der Waals surface area contributed by atoms with Gasteiger partial charge in [-0.2, -0.15) is 0 Å². The van der Waals surface area contributed by atoms with E-state index in [1.807, 2.05) is 49.5 Å². The minimum absolute atomic E-state index is 0.0199. The Kier molecular flexibility index (Phi) is 4.44. The largest absolute Gasteiger partial charge is 0.392 e. The molecule has 0 atom stereocenters. The smallest absolute Gasteiger partial charge is 0.224 e. The summed E-state index contributed by atoms with van der Waals surface area (Å²) in [6, 6.07) is 13.7. The molecule has 4 heteroatoms. The number of aliphatic hydroxyl groups excluding tert-OH is 1. The van der Waals surface area contributed by atoms with Crippen molar-refractivity contribution in [2.45, 2.75) is 26.4 Å². The van der Waals surface area contributed by atoms with Crippen LogP contribution < -0.4 is 5.32 Å². The maximum Gasteiger partial charge on any atom is 0.224 e. The first-order valence-corrected chi connectivity index (χ1v) is 7.72. The summed E-state index contributed by atoms with van der Waals surface area (Å²) in [5.41, 5.74) is 4.79. The highest BCUT2D eigenvalue weighted by molar-refractivity contribution is 5.92. The van der Waals surface area contributed by atoms with Crippen LogP contribution in [0.2, 0.25) is 0 Å². The van der Waals surface area contributed by atoms with Crippen molar-refractivity contribution in [3.8, 4) is 0 Å². The predicted molar refractivity (Wildman–Crippen MR) is 92.4 cm³/mol. The molecule has 3 aromatic rings. The molecule has 0 aliphatic heterocycles. The number of amides is 1. The number of hydrogen-bond acceptors (Lipinski definition) is 2. The Morgan fingerprint density at radius 1 is 1.22 bits per heavy atom. The van der Waals surface area contributed by atoms with Gasteiger partial charge in [-0.15, -0.1) is 0 Å². The number of aryl methyl sites for hydroxylation is 2. The van der Waals surface area contributed by atoms with Crippen LogP contribution in [0.25, 0.3) is 10.9 Å². The molecule has 0 unspecified atom stereocenters. The second kappa shape index (κ2) is 6.67. The van der Waals surface area contributed by atoms with Crippen LogP contribution in [0.4, 0.5) is 5.69 Å². The first-order valence-electron chi connectivity index (χ1n) is 7.72. The van der Waals surface area contributed by atoms with E-state index in [9.17, 15) is 9.90 Å². The normalized spacial score (nSPS) is 10.9. The number of nitrogens with one attached hydrogen (secondary N) is 2. The van der Waals surface area contributed by atoms with Crippen molar-refractivity contribution in [2.75, 3.05) is 5.32 Å². The molecular formula is C19H20N2O2. The first kappa shape index (κ1) is 15.3. The van der Waals surface area contributed by atoms with Gasteiger partial charge in [0.15, 0.2) is 0 Å². The van der Waals surface area contributed by atoms with Gasteiger partial charge in [-0.1, -0.05) is 30.3 Å². The molecule has 118 valence electrons. The van der Waals surface area contributed by atoms with Crippen molar-refractivity contribution in [3.05, 3.63) is 65.4 Å². The van der Waals surface area contributed by atoms with Gasteiger partial charge in [0.2, 0.25) is 5.91 Å². The van der Waals surface area contributed by atoms with Gasteiger partial charge < -0.3 is 15.4 Å². The van der Waals surface area contributed by atoms with Crippen molar-refractivity contribution in [1.82, 2.24) is 4.98 Å². The molecule has 0 spiro atoms. The third-order valence-corrected chi connectivity index (χ3v) is 4.05. The Hall–Kier alpha value is -2.59. The van der Waals surface area contributed by atoms with E-state index in [0.717, 1.165) is 27.9 Å². The number of hydrogen-bond donors (Lipinski definition) is 3. The lowest BCUT2D eigenvalue weighted by atomic mass is 10.1. The molecule has 0 saturated heterocycles. The number of rotatable bonds is 5. The van der Waals surface area contributed by atoms with E-state index in [1.165, 1.54) is 5.39 Å². The van der Waals surface area contributed by atoms with Gasteiger partial charge >= 0.3 is 0 Å². The van der Waals surface area contributed by atoms with Crippen LogP contribution in [0.5, 0.6) is 0 Å². The van der Waals surface area contributed by atoms with Crippen LogP contribution in [-0.4, -0.2) is 16.0 Å². The number of aliphatic hydroxyl groups is 1. The van der Waals surface area contributed by atoms with Crippen LogP contribution >= 0.6 is 0 Å². The zero-order valence-electron chi connectivity index (χ0n) is 13.1. The predicted octanol–water partition coefficient (Wildman–Crippen LogP) is 3.54. The maximum absolute atomic E-state index is 12.2. The van der Waals surface area contributed by atoms with Gasteiger partial charge in [0, 0.05) is 29.2 Å². The molecule has 4 nitrogen and oxygen atoms in total. The van der Waals surface area contributed by atoms with Crippen molar-refractivity contribution in [1.29, 1.82) is 0 Å². The summed E-state index contributed by atoms with van der Waals surface area (Å²) in [5, 5.41) is 13.3. The lowest BCUT2D eigenvalue weighted by molar-refractivity contribution is -0.116. The number of benzene rings is 2. The number of H-pyrrole nitrogens is 1. The zero-order chi connectivity index (χ0) is 16.2. The summed E-state index contributed by atoms with van der Waals surface area (Å²) < 4.78 is 0. The average Bonchev–Trinajstić information content (AvgIpc) is 2.98. The highest BCUT2D eigenvalue weighted by atomic mass is 16.3. The third-order valence-electron chi connectivity index (χ3n) is 4.05. The second-order valence-corrected chi connectivity index (χ2v) is 5.72. The van der Waals surface area contributed by atoms with Crippen molar-refractivity contribution in [3.63, 3.8) is 0 Å². The van der Waals surface area contributed by atoms with Gasteiger partial charge in [0.05, 0.1) is 6.61 Å². The monoisotopic (exact) mass is 308 g/mol. The number of fused-ring (bicyclic) bond motifs is 1. The number of aromatic nitrogens is 1. The fourth-order valence-corrected chi connectivity index (χ4v) is 2.70. The summed E-state index contributed by atoms with van der Waals surface area (Å²) in [5.74, 6) is -0.0199. The van der Waals surface area contributed by atoms with E-state index >= 15 is 0 Å². The third kappa shape index (κ3) is 3.43. The maximum atomic E-state index is 12.2. The Morgan fingerprint density at radius 3 is 2.87 bits per heavy atom. The van der Waals surface area contributed by atoms with Crippen LogP contribution in [-0.2, 0) is 17.8 Å². The highest BCUT2D eigenvalue weighted by Gasteiger charge is 2.08. The zero-order valence-corrected chi connectivity index (χ0v) is 13.1. The van der Waals surface area contributed by atoms with Crippen LogP contribution in [0.1, 0.15) is 23.1 Å². The number of carbonyl (C=O) groups excluding carboxylic acids is 1. The number of anilines is 1. The van der Waals surface area contributed by atoms with Gasteiger partial charge in [-0.25, -0.2) is 0 Å². The minimum atomic E-state index is -0.0293. The van der Waals surface area contributed by atoms with E-state index in [1.54, 1.807) is 0 Å². The molecule has 0 radical (unpaired) electrons. The standard InChI is InChI=1S/C19H20N2O2/c1-13-6-7-14(12-22)10-18(13)21-19(23)9-8-15-11-20-17-5-3-2-4-16(15)17/h2-7,10-11,20,22H,8-9,12H2,1H3,(H,21,23). The van der Waals surface area contributed by atoms with Crippen molar-refractivity contribution in [2.24, 2.45) is 0 Å². The second-order valence-electron chi connectivity index (χ2n) is 5.72. The molecular weight excluding hydrogens is 288 g/mol. The number of carbonyl (C=O) groups is 1. The average molecular weight is 308 g/mol. The molecule has 1 amide bonds. The molecule has 0 aliphatic rings. The molecule has 1 heterocycles. The van der Waals surface area contributed by atoms with E-state index < -0.39 is 0 Å². The molecule has 0 aliphatic carbocycles. The molecule has 23 heavy (non-hydrogen) atoms. The fraction of sp³-hybridized carbons (Fsp3) is 0.211. The molecule has 0 fully saturated rings. The minimum Gasteiger partial charge on any atom is -0.392 e. The summed E-state index contributed by atoms with van der Waals surface area (Å²) in [6.45, 7) is 1.91. The molecule has 1 aromatic heterocycles. The van der Waals surface area contributed by atoms with Crippen LogP contribution in [0.3, 0.4) is 0 Å². The van der Waals surface area contributed by atoms with Gasteiger partial charge in [-0.3, -0.25) is 4.79 Å². The van der Waals surface area contributed by atoms with Crippen LogP contribution in [0, 0.1) is 6.92 Å². The van der Waals surface area contributed by atoms with Crippen molar-refractivity contribution < 1.29 is 9.90 Å². The molecule has 0 saturated carbocycles. The Morgan fingerprint density at radius 2 is 2.04 bits per heavy atom. The summed E-state index contributed by atoms with van der Waals surface area (Å²) >= 11 is 0. The van der Waals surface area contributed by atoms with E-state index in [-0.39, 0.29) is 12.5 Å². The summed E-state index contributed by atoms with van der Waals surface area (Å²) in [6.07, 6.45) is 3.08. The molecule has 3 rings (SSSR count). The van der Waals surface area contributed by atoms with Gasteiger partial charge in [0.25, 0.3) is 0 Å². The Labute approximate surface area is 135 Å². The topological polar surface area (TPSA) is 65.1 Å². The Bertz CT molecular complexity index is 836. The molecule has 3 N–H and O–H groups in total. The summed E-state index contributed by atoms with van der Waals surface area (Å²) in [4.78, 5) is 15.4. The van der Waals surface area contributed by atoms with Crippen molar-refractivity contribution >= 4 is 22.5 Å². The molecule has 2 aromatic carbocycles.